The lowest BCUT2D eigenvalue weighted by molar-refractivity contribution is -0.130. The van der Waals surface area contributed by atoms with Crippen LogP contribution < -0.4 is 5.32 Å². The second kappa shape index (κ2) is 2.94. The number of nitrogens with zero attached hydrogens (tertiary/aromatic N) is 1. The van der Waals surface area contributed by atoms with E-state index in [9.17, 15) is 4.79 Å². The summed E-state index contributed by atoms with van der Waals surface area (Å²) in [4.78, 5) is 13.6. The number of carbonyl (C=O) groups excluding carboxylic acids is 1. The molecule has 1 aliphatic heterocycles. The maximum Gasteiger partial charge on any atom is 0.254 e. The van der Waals surface area contributed by atoms with Crippen LogP contribution in [0.2, 0.25) is 0 Å². The minimum atomic E-state index is -0.312. The normalized spacial score (nSPS) is 25.8. The topological polar surface area (TPSA) is 32.3 Å². The third-order valence-corrected chi connectivity index (χ3v) is 3.34. The molecular weight excluding hydrogens is 184 g/mol. The van der Waals surface area contributed by atoms with Crippen molar-refractivity contribution in [2.45, 2.75) is 38.1 Å². The molecule has 1 aliphatic carbocycles. The van der Waals surface area contributed by atoms with Crippen molar-refractivity contribution < 1.29 is 4.79 Å². The fourth-order valence-electron chi connectivity index (χ4n) is 2.28. The van der Waals surface area contributed by atoms with Gasteiger partial charge >= 0.3 is 0 Å². The van der Waals surface area contributed by atoms with Gasteiger partial charge in [0.2, 0.25) is 0 Å². The standard InChI is InChI=1S/C9H14N2OS/c1-2-11-7(12)9(10-8(11)13)5-3-4-6-9/h2-6H2,1H3,(H,10,13). The molecule has 1 spiro atoms. The number of amides is 1. The van der Waals surface area contributed by atoms with Crippen LogP contribution in [0.15, 0.2) is 0 Å². The van der Waals surface area contributed by atoms with Crippen molar-refractivity contribution in [3.05, 3.63) is 0 Å². The highest BCUT2D eigenvalue weighted by Crippen LogP contribution is 2.34. The van der Waals surface area contributed by atoms with E-state index in [0.717, 1.165) is 25.7 Å². The lowest BCUT2D eigenvalue weighted by Gasteiger charge is -2.19. The van der Waals surface area contributed by atoms with Crippen LogP contribution in [0.4, 0.5) is 0 Å². The predicted octanol–water partition coefficient (Wildman–Crippen LogP) is 1.04. The zero-order valence-electron chi connectivity index (χ0n) is 7.80. The quantitative estimate of drug-likeness (QED) is 0.639. The van der Waals surface area contributed by atoms with Crippen molar-refractivity contribution in [3.63, 3.8) is 0 Å². The van der Waals surface area contributed by atoms with E-state index in [0.29, 0.717) is 11.7 Å². The molecule has 4 heteroatoms. The summed E-state index contributed by atoms with van der Waals surface area (Å²) in [5.74, 6) is 0.192. The monoisotopic (exact) mass is 198 g/mol. The van der Waals surface area contributed by atoms with Gasteiger partial charge < -0.3 is 5.32 Å². The summed E-state index contributed by atoms with van der Waals surface area (Å²) in [7, 11) is 0. The van der Waals surface area contributed by atoms with Gasteiger partial charge in [-0.15, -0.1) is 0 Å². The minimum Gasteiger partial charge on any atom is -0.348 e. The second-order valence-electron chi connectivity index (χ2n) is 3.77. The molecule has 0 radical (unpaired) electrons. The van der Waals surface area contributed by atoms with Crippen LogP contribution >= 0.6 is 12.2 Å². The van der Waals surface area contributed by atoms with Gasteiger partial charge in [-0.2, -0.15) is 0 Å². The van der Waals surface area contributed by atoms with Gasteiger partial charge in [0, 0.05) is 6.54 Å². The van der Waals surface area contributed by atoms with E-state index >= 15 is 0 Å². The molecule has 2 aliphatic rings. The Hall–Kier alpha value is -0.640. The molecule has 0 aromatic rings. The molecule has 3 nitrogen and oxygen atoms in total. The zero-order chi connectivity index (χ0) is 9.47. The zero-order valence-corrected chi connectivity index (χ0v) is 8.62. The van der Waals surface area contributed by atoms with Crippen molar-refractivity contribution in [2.75, 3.05) is 6.54 Å². The van der Waals surface area contributed by atoms with E-state index in [2.05, 4.69) is 5.32 Å². The Morgan fingerprint density at radius 2 is 2.15 bits per heavy atom. The van der Waals surface area contributed by atoms with Crippen LogP contribution in [-0.4, -0.2) is 28.0 Å². The Bertz CT molecular complexity index is 258. The molecule has 0 bridgehead atoms. The predicted molar refractivity (Wildman–Crippen MR) is 54.3 cm³/mol. The Morgan fingerprint density at radius 3 is 2.62 bits per heavy atom. The largest absolute Gasteiger partial charge is 0.348 e. The molecule has 0 atom stereocenters. The molecule has 0 aromatic heterocycles. The van der Waals surface area contributed by atoms with Crippen LogP contribution in [0.5, 0.6) is 0 Å². The smallest absolute Gasteiger partial charge is 0.254 e. The summed E-state index contributed by atoms with van der Waals surface area (Å²) in [6.07, 6.45) is 4.17. The van der Waals surface area contributed by atoms with Crippen molar-refractivity contribution in [1.82, 2.24) is 10.2 Å². The maximum atomic E-state index is 11.9. The average Bonchev–Trinajstić information content (AvgIpc) is 2.62. The number of thiocarbonyl (C=S) groups is 1. The number of likely N-dealkylation sites (N-methyl/N-ethyl adjacent to an activating group) is 1. The summed E-state index contributed by atoms with van der Waals surface area (Å²) in [6, 6.07) is 0. The van der Waals surface area contributed by atoms with E-state index in [1.165, 1.54) is 0 Å². The Morgan fingerprint density at radius 1 is 1.54 bits per heavy atom. The molecule has 2 rings (SSSR count). The van der Waals surface area contributed by atoms with E-state index in [1.807, 2.05) is 6.92 Å². The molecule has 1 saturated carbocycles. The van der Waals surface area contributed by atoms with E-state index < -0.39 is 0 Å². The highest BCUT2D eigenvalue weighted by molar-refractivity contribution is 7.80. The first-order valence-electron chi connectivity index (χ1n) is 4.84. The highest BCUT2D eigenvalue weighted by atomic mass is 32.1. The summed E-state index contributed by atoms with van der Waals surface area (Å²) < 4.78 is 0. The number of hydrogen-bond donors (Lipinski definition) is 1. The fourth-order valence-corrected chi connectivity index (χ4v) is 2.69. The molecule has 1 heterocycles. The molecule has 1 N–H and O–H groups in total. The first kappa shape index (κ1) is 8.94. The molecule has 13 heavy (non-hydrogen) atoms. The van der Waals surface area contributed by atoms with Crippen molar-refractivity contribution >= 4 is 23.2 Å². The van der Waals surface area contributed by atoms with Crippen molar-refractivity contribution in [1.29, 1.82) is 0 Å². The van der Waals surface area contributed by atoms with E-state index in [1.54, 1.807) is 4.90 Å². The molecule has 1 amide bonds. The number of rotatable bonds is 1. The van der Waals surface area contributed by atoms with Gasteiger partial charge in [0.05, 0.1) is 0 Å². The summed E-state index contributed by atoms with van der Waals surface area (Å²) >= 11 is 5.12. The fraction of sp³-hybridized carbons (Fsp3) is 0.778. The Kier molecular flexibility index (Phi) is 2.02. The van der Waals surface area contributed by atoms with Gasteiger partial charge in [0.1, 0.15) is 5.54 Å². The van der Waals surface area contributed by atoms with E-state index in [-0.39, 0.29) is 11.4 Å². The number of nitrogens with one attached hydrogen (secondary N) is 1. The molecule has 2 fully saturated rings. The van der Waals surface area contributed by atoms with Crippen LogP contribution in [0.1, 0.15) is 32.6 Å². The SMILES string of the molecule is CCN1C(=O)C2(CCCC2)NC1=S. The van der Waals surface area contributed by atoms with Crippen molar-refractivity contribution in [2.24, 2.45) is 0 Å². The summed E-state index contributed by atoms with van der Waals surface area (Å²) in [6.45, 7) is 2.65. The van der Waals surface area contributed by atoms with E-state index in [4.69, 9.17) is 12.2 Å². The molecule has 0 aromatic carbocycles. The molecule has 0 unspecified atom stereocenters. The van der Waals surface area contributed by atoms with Crippen LogP contribution in [-0.2, 0) is 4.79 Å². The van der Waals surface area contributed by atoms with Gasteiger partial charge in [-0.25, -0.2) is 0 Å². The lowest BCUT2D eigenvalue weighted by atomic mass is 9.98. The lowest BCUT2D eigenvalue weighted by Crippen LogP contribution is -2.44. The minimum absolute atomic E-state index is 0.192. The van der Waals surface area contributed by atoms with Gasteiger partial charge in [-0.1, -0.05) is 12.8 Å². The van der Waals surface area contributed by atoms with Crippen LogP contribution in [0.25, 0.3) is 0 Å². The van der Waals surface area contributed by atoms with Gasteiger partial charge in [-0.3, -0.25) is 9.69 Å². The van der Waals surface area contributed by atoms with Crippen LogP contribution in [0.3, 0.4) is 0 Å². The summed E-state index contributed by atoms with van der Waals surface area (Å²) in [5.41, 5.74) is -0.312. The number of carbonyl (C=O) groups is 1. The molecule has 72 valence electrons. The molecular formula is C9H14N2OS. The van der Waals surface area contributed by atoms with Gasteiger partial charge in [0.15, 0.2) is 5.11 Å². The third-order valence-electron chi connectivity index (χ3n) is 3.02. The summed E-state index contributed by atoms with van der Waals surface area (Å²) in [5, 5.41) is 3.81. The Labute approximate surface area is 83.5 Å². The maximum absolute atomic E-state index is 11.9. The first-order valence-corrected chi connectivity index (χ1v) is 5.24. The third kappa shape index (κ3) is 1.15. The van der Waals surface area contributed by atoms with Gasteiger partial charge in [0.25, 0.3) is 5.91 Å². The Balaban J connectivity index is 2.25. The van der Waals surface area contributed by atoms with Crippen molar-refractivity contribution in [3.8, 4) is 0 Å². The number of hydrogen-bond acceptors (Lipinski definition) is 2. The second-order valence-corrected chi connectivity index (χ2v) is 4.16. The molecule has 1 saturated heterocycles. The van der Waals surface area contributed by atoms with Crippen LogP contribution in [0, 0.1) is 0 Å². The van der Waals surface area contributed by atoms with Gasteiger partial charge in [-0.05, 0) is 32.0 Å². The first-order chi connectivity index (χ1) is 6.19. The highest BCUT2D eigenvalue weighted by Gasteiger charge is 2.49. The average molecular weight is 198 g/mol.